The Morgan fingerprint density at radius 1 is 1.04 bits per heavy atom. The third-order valence-corrected chi connectivity index (χ3v) is 5.05. The van der Waals surface area contributed by atoms with Crippen molar-refractivity contribution in [2.75, 3.05) is 0 Å². The number of halogens is 1. The summed E-state index contributed by atoms with van der Waals surface area (Å²) < 4.78 is 4.96. The molecule has 0 saturated heterocycles. The van der Waals surface area contributed by atoms with Crippen molar-refractivity contribution in [3.8, 4) is 34.4 Å². The SMILES string of the molecule is N#Cc1ccc(-c2cc3n(c2)Cc2cc(Br)ccc2-n2nnnc2-3)cc1. The first kappa shape index (κ1) is 15.0. The highest BCUT2D eigenvalue weighted by molar-refractivity contribution is 9.10. The number of nitrogens with zero attached hydrogens (tertiary/aromatic N) is 6. The van der Waals surface area contributed by atoms with Crippen molar-refractivity contribution in [3.63, 3.8) is 0 Å². The minimum Gasteiger partial charge on any atom is -0.340 e. The Kier molecular flexibility index (Phi) is 3.27. The Bertz CT molecular complexity index is 1180. The molecular formula is C19H11BrN6. The molecule has 0 bridgehead atoms. The van der Waals surface area contributed by atoms with Crippen LogP contribution in [0.1, 0.15) is 11.1 Å². The van der Waals surface area contributed by atoms with E-state index in [4.69, 9.17) is 5.26 Å². The van der Waals surface area contributed by atoms with Gasteiger partial charge in [0, 0.05) is 22.8 Å². The molecule has 0 atom stereocenters. The molecule has 3 heterocycles. The van der Waals surface area contributed by atoms with Crippen LogP contribution in [0.3, 0.4) is 0 Å². The first-order chi connectivity index (χ1) is 12.7. The van der Waals surface area contributed by atoms with E-state index in [0.717, 1.165) is 32.5 Å². The van der Waals surface area contributed by atoms with Crippen LogP contribution in [-0.4, -0.2) is 24.8 Å². The molecule has 6 nitrogen and oxygen atoms in total. The topological polar surface area (TPSA) is 72.3 Å². The third kappa shape index (κ3) is 2.27. The van der Waals surface area contributed by atoms with Gasteiger partial charge in [0.05, 0.1) is 23.0 Å². The van der Waals surface area contributed by atoms with Crippen LogP contribution in [0.25, 0.3) is 28.3 Å². The van der Waals surface area contributed by atoms with Gasteiger partial charge < -0.3 is 4.57 Å². The Morgan fingerprint density at radius 3 is 2.69 bits per heavy atom. The summed E-state index contributed by atoms with van der Waals surface area (Å²) in [4.78, 5) is 0. The Morgan fingerprint density at radius 2 is 1.88 bits per heavy atom. The molecule has 0 fully saturated rings. The summed E-state index contributed by atoms with van der Waals surface area (Å²) in [6, 6.07) is 17.9. The largest absolute Gasteiger partial charge is 0.340 e. The molecule has 0 radical (unpaired) electrons. The van der Waals surface area contributed by atoms with Gasteiger partial charge in [-0.15, -0.1) is 5.10 Å². The number of nitriles is 1. The molecule has 1 aliphatic rings. The summed E-state index contributed by atoms with van der Waals surface area (Å²) in [5.41, 5.74) is 5.85. The molecule has 0 spiro atoms. The number of rotatable bonds is 1. The van der Waals surface area contributed by atoms with Gasteiger partial charge in [0.1, 0.15) is 0 Å². The first-order valence-corrected chi connectivity index (χ1v) is 8.80. The molecule has 0 saturated carbocycles. The number of tetrazole rings is 1. The van der Waals surface area contributed by atoms with Crippen LogP contribution in [0, 0.1) is 11.3 Å². The fourth-order valence-electron chi connectivity index (χ4n) is 3.30. The smallest absolute Gasteiger partial charge is 0.203 e. The summed E-state index contributed by atoms with van der Waals surface area (Å²) in [7, 11) is 0. The predicted octanol–water partition coefficient (Wildman–Crippen LogP) is 3.79. The van der Waals surface area contributed by atoms with E-state index in [1.54, 1.807) is 4.68 Å². The van der Waals surface area contributed by atoms with E-state index in [0.29, 0.717) is 17.9 Å². The average Bonchev–Trinajstić information content (AvgIpc) is 3.27. The molecule has 2 aromatic heterocycles. The van der Waals surface area contributed by atoms with Gasteiger partial charge in [0.25, 0.3) is 0 Å². The molecule has 26 heavy (non-hydrogen) atoms. The number of aromatic nitrogens is 5. The molecule has 1 aliphatic heterocycles. The van der Waals surface area contributed by atoms with Crippen molar-refractivity contribution < 1.29 is 0 Å². The standard InChI is InChI=1S/C19H11BrN6/c20-16-5-6-17-15(7-16)11-25-10-14(13-3-1-12(9-21)2-4-13)8-18(25)19-22-23-24-26(17)19/h1-8,10H,11H2. The number of hydrogen-bond acceptors (Lipinski definition) is 4. The Labute approximate surface area is 157 Å². The minimum absolute atomic E-state index is 0.650. The van der Waals surface area contributed by atoms with Crippen LogP contribution < -0.4 is 0 Å². The molecule has 7 heteroatoms. The third-order valence-electron chi connectivity index (χ3n) is 4.55. The van der Waals surface area contributed by atoms with E-state index in [-0.39, 0.29) is 0 Å². The second-order valence-corrected chi connectivity index (χ2v) is 7.03. The quantitative estimate of drug-likeness (QED) is 0.427. The molecule has 0 N–H and O–H groups in total. The monoisotopic (exact) mass is 402 g/mol. The normalized spacial score (nSPS) is 11.8. The van der Waals surface area contributed by atoms with E-state index in [1.165, 1.54) is 0 Å². The van der Waals surface area contributed by atoms with Gasteiger partial charge in [-0.3, -0.25) is 0 Å². The zero-order valence-electron chi connectivity index (χ0n) is 13.5. The lowest BCUT2D eigenvalue weighted by molar-refractivity contribution is 0.777. The second-order valence-electron chi connectivity index (χ2n) is 6.12. The summed E-state index contributed by atoms with van der Waals surface area (Å²) in [6.07, 6.45) is 2.10. The predicted molar refractivity (Wildman–Crippen MR) is 99.5 cm³/mol. The van der Waals surface area contributed by atoms with E-state index < -0.39 is 0 Å². The van der Waals surface area contributed by atoms with Crippen molar-refractivity contribution >= 4 is 15.9 Å². The van der Waals surface area contributed by atoms with Crippen molar-refractivity contribution in [3.05, 3.63) is 70.3 Å². The average molecular weight is 403 g/mol. The highest BCUT2D eigenvalue weighted by Crippen LogP contribution is 2.33. The molecule has 0 amide bonds. The molecule has 4 aromatic rings. The van der Waals surface area contributed by atoms with Crippen molar-refractivity contribution in [2.24, 2.45) is 0 Å². The van der Waals surface area contributed by atoms with Gasteiger partial charge in [-0.25, -0.2) is 0 Å². The fraction of sp³-hybridized carbons (Fsp3) is 0.0526. The summed E-state index contributed by atoms with van der Waals surface area (Å²) in [6.45, 7) is 0.714. The molecular weight excluding hydrogens is 392 g/mol. The molecule has 2 aromatic carbocycles. The number of fused-ring (bicyclic) bond motifs is 5. The lowest BCUT2D eigenvalue weighted by Crippen LogP contribution is -2.01. The van der Waals surface area contributed by atoms with Gasteiger partial charge in [-0.1, -0.05) is 28.1 Å². The highest BCUT2D eigenvalue weighted by Gasteiger charge is 2.23. The van der Waals surface area contributed by atoms with Crippen LogP contribution in [0.4, 0.5) is 0 Å². The van der Waals surface area contributed by atoms with Gasteiger partial charge in [0.2, 0.25) is 5.82 Å². The van der Waals surface area contributed by atoms with Gasteiger partial charge in [0.15, 0.2) is 0 Å². The van der Waals surface area contributed by atoms with Crippen LogP contribution in [-0.2, 0) is 6.54 Å². The van der Waals surface area contributed by atoms with Crippen LogP contribution in [0.2, 0.25) is 0 Å². The van der Waals surface area contributed by atoms with Crippen molar-refractivity contribution in [1.82, 2.24) is 24.8 Å². The van der Waals surface area contributed by atoms with Gasteiger partial charge in [-0.05, 0) is 58.0 Å². The van der Waals surface area contributed by atoms with E-state index >= 15 is 0 Å². The Balaban J connectivity index is 1.68. The second kappa shape index (κ2) is 5.64. The molecule has 0 aliphatic carbocycles. The van der Waals surface area contributed by atoms with Gasteiger partial charge in [-0.2, -0.15) is 9.94 Å². The van der Waals surface area contributed by atoms with Crippen LogP contribution in [0.15, 0.2) is 59.2 Å². The summed E-state index contributed by atoms with van der Waals surface area (Å²) in [5, 5.41) is 21.3. The molecule has 124 valence electrons. The maximum atomic E-state index is 8.98. The van der Waals surface area contributed by atoms with Crippen LogP contribution in [0.5, 0.6) is 0 Å². The Hall–Kier alpha value is -3.24. The molecule has 5 rings (SSSR count). The van der Waals surface area contributed by atoms with Crippen molar-refractivity contribution in [1.29, 1.82) is 5.26 Å². The number of hydrogen-bond donors (Lipinski definition) is 0. The molecule has 0 unspecified atom stereocenters. The summed E-state index contributed by atoms with van der Waals surface area (Å²) >= 11 is 3.55. The van der Waals surface area contributed by atoms with E-state index in [9.17, 15) is 0 Å². The zero-order chi connectivity index (χ0) is 17.7. The van der Waals surface area contributed by atoms with E-state index in [1.807, 2.05) is 36.4 Å². The highest BCUT2D eigenvalue weighted by atomic mass is 79.9. The zero-order valence-corrected chi connectivity index (χ0v) is 15.1. The maximum Gasteiger partial charge on any atom is 0.203 e. The fourth-order valence-corrected chi connectivity index (χ4v) is 3.71. The minimum atomic E-state index is 0.650. The maximum absolute atomic E-state index is 8.98. The van der Waals surface area contributed by atoms with Gasteiger partial charge >= 0.3 is 0 Å². The van der Waals surface area contributed by atoms with E-state index in [2.05, 4.69) is 60.4 Å². The lowest BCUT2D eigenvalue weighted by Gasteiger charge is -2.08. The van der Waals surface area contributed by atoms with Crippen LogP contribution >= 0.6 is 15.9 Å². The van der Waals surface area contributed by atoms with Crippen molar-refractivity contribution in [2.45, 2.75) is 6.54 Å². The summed E-state index contributed by atoms with van der Waals surface area (Å²) in [5.74, 6) is 0.714. The number of benzene rings is 2. The lowest BCUT2D eigenvalue weighted by atomic mass is 10.1. The first-order valence-electron chi connectivity index (χ1n) is 8.01.